The molecule has 1 atom stereocenters. The van der Waals surface area contributed by atoms with E-state index < -0.39 is 0 Å². The van der Waals surface area contributed by atoms with Crippen molar-refractivity contribution >= 4 is 17.2 Å². The van der Waals surface area contributed by atoms with Crippen molar-refractivity contribution in [2.24, 2.45) is 10.9 Å². The van der Waals surface area contributed by atoms with Crippen LogP contribution in [0, 0.1) is 6.92 Å². The van der Waals surface area contributed by atoms with E-state index in [1.54, 1.807) is 0 Å². The Morgan fingerprint density at radius 1 is 1.29 bits per heavy atom. The Balaban J connectivity index is 2.04. The van der Waals surface area contributed by atoms with Crippen molar-refractivity contribution in [2.75, 3.05) is 4.90 Å². The molecule has 4 nitrogen and oxygen atoms in total. The summed E-state index contributed by atoms with van der Waals surface area (Å²) in [6, 6.07) is 15.0. The molecule has 0 aliphatic carbocycles. The fraction of sp³-hybridized carbons (Fsp3) is 0.235. The fourth-order valence-corrected chi connectivity index (χ4v) is 3.10. The van der Waals surface area contributed by atoms with Crippen LogP contribution in [0.5, 0.6) is 0 Å². The molecule has 4 heteroatoms. The van der Waals surface area contributed by atoms with Crippen LogP contribution < -0.4 is 10.6 Å². The molecule has 0 spiro atoms. The molecule has 0 fully saturated rings. The highest BCUT2D eigenvalue weighted by molar-refractivity contribution is 5.98. The zero-order valence-electron chi connectivity index (χ0n) is 12.2. The van der Waals surface area contributed by atoms with Crippen molar-refractivity contribution in [3.05, 3.63) is 59.2 Å². The fourth-order valence-electron chi connectivity index (χ4n) is 3.10. The SMILES string of the molecule is Cc1cc(N2c3ccccc3CC2C)ccc1/C(N)=N/O. The van der Waals surface area contributed by atoms with Crippen LogP contribution in [-0.4, -0.2) is 17.1 Å². The molecule has 0 amide bonds. The van der Waals surface area contributed by atoms with Crippen LogP contribution in [-0.2, 0) is 6.42 Å². The highest BCUT2D eigenvalue weighted by Gasteiger charge is 2.26. The molecule has 2 aromatic carbocycles. The maximum absolute atomic E-state index is 8.82. The van der Waals surface area contributed by atoms with Gasteiger partial charge in [-0.25, -0.2) is 0 Å². The number of rotatable bonds is 2. The normalized spacial score (nSPS) is 17.9. The van der Waals surface area contributed by atoms with Crippen molar-refractivity contribution in [3.63, 3.8) is 0 Å². The summed E-state index contributed by atoms with van der Waals surface area (Å²) in [4.78, 5) is 2.35. The van der Waals surface area contributed by atoms with Crippen molar-refractivity contribution in [2.45, 2.75) is 26.3 Å². The second kappa shape index (κ2) is 5.13. The second-order valence-corrected chi connectivity index (χ2v) is 5.54. The van der Waals surface area contributed by atoms with Gasteiger partial charge in [-0.2, -0.15) is 0 Å². The van der Waals surface area contributed by atoms with Gasteiger partial charge in [0.15, 0.2) is 5.84 Å². The highest BCUT2D eigenvalue weighted by Crippen LogP contribution is 2.38. The monoisotopic (exact) mass is 281 g/mol. The minimum absolute atomic E-state index is 0.147. The number of para-hydroxylation sites is 1. The van der Waals surface area contributed by atoms with Crippen molar-refractivity contribution in [1.82, 2.24) is 0 Å². The minimum atomic E-state index is 0.147. The first-order valence-electron chi connectivity index (χ1n) is 7.07. The lowest BCUT2D eigenvalue weighted by atomic mass is 10.1. The van der Waals surface area contributed by atoms with E-state index in [0.29, 0.717) is 6.04 Å². The molecular weight excluding hydrogens is 262 g/mol. The van der Waals surface area contributed by atoms with Gasteiger partial charge in [0.1, 0.15) is 0 Å². The van der Waals surface area contributed by atoms with E-state index in [4.69, 9.17) is 10.9 Å². The molecule has 1 aliphatic heterocycles. The zero-order valence-corrected chi connectivity index (χ0v) is 12.2. The molecule has 3 N–H and O–H groups in total. The quantitative estimate of drug-likeness (QED) is 0.385. The number of nitrogens with zero attached hydrogens (tertiary/aromatic N) is 2. The first-order valence-corrected chi connectivity index (χ1v) is 7.07. The van der Waals surface area contributed by atoms with E-state index in [1.807, 2.05) is 19.1 Å². The Morgan fingerprint density at radius 3 is 2.76 bits per heavy atom. The molecule has 0 saturated carbocycles. The summed E-state index contributed by atoms with van der Waals surface area (Å²) in [7, 11) is 0. The Labute approximate surface area is 124 Å². The number of hydrogen-bond acceptors (Lipinski definition) is 3. The van der Waals surface area contributed by atoms with Gasteiger partial charge in [0, 0.05) is 23.0 Å². The van der Waals surface area contributed by atoms with Crippen molar-refractivity contribution in [1.29, 1.82) is 0 Å². The molecule has 1 heterocycles. The van der Waals surface area contributed by atoms with Gasteiger partial charge in [-0.3, -0.25) is 0 Å². The minimum Gasteiger partial charge on any atom is -0.409 e. The summed E-state index contributed by atoms with van der Waals surface area (Å²) in [6.07, 6.45) is 1.05. The number of amidine groups is 1. The van der Waals surface area contributed by atoms with E-state index in [-0.39, 0.29) is 5.84 Å². The van der Waals surface area contributed by atoms with Gasteiger partial charge in [0.05, 0.1) is 0 Å². The summed E-state index contributed by atoms with van der Waals surface area (Å²) >= 11 is 0. The summed E-state index contributed by atoms with van der Waals surface area (Å²) < 4.78 is 0. The number of fused-ring (bicyclic) bond motifs is 1. The van der Waals surface area contributed by atoms with Crippen LogP contribution in [0.2, 0.25) is 0 Å². The second-order valence-electron chi connectivity index (χ2n) is 5.54. The third kappa shape index (κ3) is 2.23. The van der Waals surface area contributed by atoms with E-state index in [9.17, 15) is 0 Å². The number of benzene rings is 2. The molecule has 21 heavy (non-hydrogen) atoms. The predicted molar refractivity (Wildman–Crippen MR) is 85.4 cm³/mol. The Hall–Kier alpha value is -2.49. The first-order chi connectivity index (χ1) is 10.1. The van der Waals surface area contributed by atoms with Gasteiger partial charge in [-0.05, 0) is 55.7 Å². The van der Waals surface area contributed by atoms with Gasteiger partial charge in [0.25, 0.3) is 0 Å². The van der Waals surface area contributed by atoms with Crippen LogP contribution in [0.1, 0.15) is 23.6 Å². The predicted octanol–water partition coefficient (Wildman–Crippen LogP) is 3.17. The van der Waals surface area contributed by atoms with Gasteiger partial charge in [-0.15, -0.1) is 0 Å². The number of hydrogen-bond donors (Lipinski definition) is 2. The summed E-state index contributed by atoms with van der Waals surface area (Å²) in [5, 5.41) is 11.9. The van der Waals surface area contributed by atoms with E-state index in [0.717, 1.165) is 23.2 Å². The summed E-state index contributed by atoms with van der Waals surface area (Å²) in [6.45, 7) is 4.20. The van der Waals surface area contributed by atoms with Crippen LogP contribution in [0.3, 0.4) is 0 Å². The molecule has 2 aromatic rings. The number of oxime groups is 1. The van der Waals surface area contributed by atoms with Crippen LogP contribution in [0.4, 0.5) is 11.4 Å². The van der Waals surface area contributed by atoms with Gasteiger partial charge < -0.3 is 15.8 Å². The Bertz CT molecular complexity index is 709. The average molecular weight is 281 g/mol. The van der Waals surface area contributed by atoms with Crippen LogP contribution in [0.15, 0.2) is 47.6 Å². The van der Waals surface area contributed by atoms with Gasteiger partial charge >= 0.3 is 0 Å². The molecule has 1 unspecified atom stereocenters. The topological polar surface area (TPSA) is 61.8 Å². The molecule has 3 rings (SSSR count). The molecule has 108 valence electrons. The molecule has 0 aromatic heterocycles. The van der Waals surface area contributed by atoms with Crippen molar-refractivity contribution < 1.29 is 5.21 Å². The lowest BCUT2D eigenvalue weighted by molar-refractivity contribution is 0.318. The smallest absolute Gasteiger partial charge is 0.170 e. The average Bonchev–Trinajstić information content (AvgIpc) is 2.82. The molecule has 1 aliphatic rings. The molecule has 0 saturated heterocycles. The maximum Gasteiger partial charge on any atom is 0.170 e. The van der Waals surface area contributed by atoms with Crippen LogP contribution in [0.25, 0.3) is 0 Å². The highest BCUT2D eigenvalue weighted by atomic mass is 16.4. The Morgan fingerprint density at radius 2 is 2.05 bits per heavy atom. The standard InChI is InChI=1S/C17H19N3O/c1-11-9-14(7-8-15(11)17(18)19-21)20-12(2)10-13-5-3-4-6-16(13)20/h3-9,12,21H,10H2,1-2H3,(H2,18,19). The lowest BCUT2D eigenvalue weighted by Crippen LogP contribution is -2.24. The molecule has 0 radical (unpaired) electrons. The van der Waals surface area contributed by atoms with Crippen LogP contribution >= 0.6 is 0 Å². The third-order valence-electron chi connectivity index (χ3n) is 4.08. The van der Waals surface area contributed by atoms with Gasteiger partial charge in [-0.1, -0.05) is 23.4 Å². The largest absolute Gasteiger partial charge is 0.409 e. The summed E-state index contributed by atoms with van der Waals surface area (Å²) in [5.74, 6) is 0.147. The lowest BCUT2D eigenvalue weighted by Gasteiger charge is -2.26. The van der Waals surface area contributed by atoms with Gasteiger partial charge in [0.2, 0.25) is 0 Å². The number of aryl methyl sites for hydroxylation is 1. The number of anilines is 2. The van der Waals surface area contributed by atoms with E-state index in [2.05, 4.69) is 47.3 Å². The van der Waals surface area contributed by atoms with E-state index >= 15 is 0 Å². The first kappa shape index (κ1) is 13.5. The molecular formula is C17H19N3O. The molecule has 0 bridgehead atoms. The third-order valence-corrected chi connectivity index (χ3v) is 4.08. The van der Waals surface area contributed by atoms with E-state index in [1.165, 1.54) is 11.3 Å². The maximum atomic E-state index is 8.82. The summed E-state index contributed by atoms with van der Waals surface area (Å²) in [5.41, 5.74) is 11.2. The number of nitrogens with two attached hydrogens (primary N) is 1. The zero-order chi connectivity index (χ0) is 15.0. The Kier molecular flexibility index (Phi) is 3.29. The van der Waals surface area contributed by atoms with Crippen molar-refractivity contribution in [3.8, 4) is 0 Å².